The number of hydrogen-bond acceptors (Lipinski definition) is 3. The van der Waals surface area contributed by atoms with Gasteiger partial charge in [-0.2, -0.15) is 0 Å². The van der Waals surface area contributed by atoms with Crippen LogP contribution in [0.25, 0.3) is 0 Å². The van der Waals surface area contributed by atoms with E-state index in [0.29, 0.717) is 27.8 Å². The summed E-state index contributed by atoms with van der Waals surface area (Å²) >= 11 is 9.60. The van der Waals surface area contributed by atoms with Gasteiger partial charge in [0.05, 0.1) is 22.0 Å². The molecule has 0 aliphatic heterocycles. The van der Waals surface area contributed by atoms with Gasteiger partial charge in [-0.3, -0.25) is 4.79 Å². The molecule has 1 fully saturated rings. The molecule has 1 saturated carbocycles. The topological polar surface area (TPSA) is 35.5 Å². The lowest BCUT2D eigenvalue weighted by atomic mass is 9.93. The molecule has 1 aliphatic carbocycles. The second-order valence-electron chi connectivity index (χ2n) is 5.33. The van der Waals surface area contributed by atoms with Crippen molar-refractivity contribution in [1.29, 1.82) is 0 Å². The van der Waals surface area contributed by atoms with Crippen molar-refractivity contribution < 1.29 is 18.7 Å². The lowest BCUT2D eigenvalue weighted by molar-refractivity contribution is -0.145. The summed E-state index contributed by atoms with van der Waals surface area (Å²) in [6.45, 7) is 1.51. The molecule has 1 aromatic carbocycles. The van der Waals surface area contributed by atoms with Gasteiger partial charge in [0.1, 0.15) is 13.3 Å². The van der Waals surface area contributed by atoms with E-state index in [-0.39, 0.29) is 18.5 Å². The molecule has 0 heterocycles. The first-order valence-corrected chi connectivity index (χ1v) is 8.58. The first-order valence-electron chi connectivity index (χ1n) is 7.41. The smallest absolute Gasteiger partial charge is 0.313 e. The summed E-state index contributed by atoms with van der Waals surface area (Å²) in [6, 6.07) is 3.52. The summed E-state index contributed by atoms with van der Waals surface area (Å²) in [4.78, 5) is 12.2. The van der Waals surface area contributed by atoms with Gasteiger partial charge in [-0.15, -0.1) is 0 Å². The third-order valence-electron chi connectivity index (χ3n) is 3.58. The Morgan fingerprint density at radius 1 is 1.50 bits per heavy atom. The van der Waals surface area contributed by atoms with E-state index in [0.717, 1.165) is 24.8 Å². The maximum absolute atomic E-state index is 12.2. The molecule has 22 heavy (non-hydrogen) atoms. The molecule has 0 bridgehead atoms. The summed E-state index contributed by atoms with van der Waals surface area (Å²) in [5.41, 5.74) is 0.801. The molecule has 122 valence electrons. The molecule has 0 amide bonds. The first kappa shape index (κ1) is 17.5. The summed E-state index contributed by atoms with van der Waals surface area (Å²) in [5.74, 6) is 0.429. The van der Waals surface area contributed by atoms with Crippen molar-refractivity contribution in [1.82, 2.24) is 0 Å². The molecule has 1 unspecified atom stereocenters. The van der Waals surface area contributed by atoms with Crippen LogP contribution in [0, 0.1) is 5.92 Å². The van der Waals surface area contributed by atoms with Gasteiger partial charge in [-0.1, -0.05) is 24.4 Å². The Hall–Kier alpha value is -0.810. The van der Waals surface area contributed by atoms with Gasteiger partial charge < -0.3 is 9.47 Å². The predicted octanol–water partition coefficient (Wildman–Crippen LogP) is 4.90. The van der Waals surface area contributed by atoms with Gasteiger partial charge in [-0.05, 0) is 52.9 Å². The van der Waals surface area contributed by atoms with Crippen molar-refractivity contribution in [3.05, 3.63) is 27.2 Å². The lowest BCUT2D eigenvalue weighted by Crippen LogP contribution is -2.17. The van der Waals surface area contributed by atoms with Crippen LogP contribution in [0.15, 0.2) is 16.6 Å². The highest BCUT2D eigenvalue weighted by molar-refractivity contribution is 9.10. The molecule has 0 spiro atoms. The number of carbonyl (C=O) groups is 1. The van der Waals surface area contributed by atoms with Crippen molar-refractivity contribution in [3.8, 4) is 5.75 Å². The van der Waals surface area contributed by atoms with Gasteiger partial charge in [-0.25, -0.2) is 4.39 Å². The Bertz CT molecular complexity index is 511. The van der Waals surface area contributed by atoms with Crippen molar-refractivity contribution in [3.63, 3.8) is 0 Å². The maximum Gasteiger partial charge on any atom is 0.313 e. The average Bonchev–Trinajstić information content (AvgIpc) is 3.28. The summed E-state index contributed by atoms with van der Waals surface area (Å²) in [6.07, 6.45) is 3.08. The maximum atomic E-state index is 12.2. The van der Waals surface area contributed by atoms with E-state index < -0.39 is 6.67 Å². The fourth-order valence-corrected chi connectivity index (χ4v) is 3.35. The summed E-state index contributed by atoms with van der Waals surface area (Å²) < 4.78 is 23.3. The number of esters is 1. The number of hydrogen-bond donors (Lipinski definition) is 0. The van der Waals surface area contributed by atoms with Crippen LogP contribution in [-0.4, -0.2) is 25.9 Å². The number of halogens is 3. The minimum Gasteiger partial charge on any atom is -0.488 e. The molecular formula is C16H19BrClFO3. The zero-order valence-corrected chi connectivity index (χ0v) is 14.8. The second-order valence-corrected chi connectivity index (χ2v) is 6.60. The number of benzene rings is 1. The third kappa shape index (κ3) is 4.59. The van der Waals surface area contributed by atoms with Crippen molar-refractivity contribution in [2.45, 2.75) is 32.1 Å². The van der Waals surface area contributed by atoms with E-state index in [1.54, 1.807) is 13.0 Å². The Kier molecular flexibility index (Phi) is 6.50. The van der Waals surface area contributed by atoms with Crippen LogP contribution >= 0.6 is 27.5 Å². The quantitative estimate of drug-likeness (QED) is 0.589. The minimum absolute atomic E-state index is 0.0545. The Morgan fingerprint density at radius 2 is 2.23 bits per heavy atom. The van der Waals surface area contributed by atoms with E-state index in [2.05, 4.69) is 15.9 Å². The molecule has 0 radical (unpaired) electrons. The molecule has 1 atom stereocenters. The lowest BCUT2D eigenvalue weighted by Gasteiger charge is -2.18. The standard InChI is InChI=1S/C16H19BrClFO3/c1-2-21-16(20)12(7-10-3-4-10)11-8-13(17)15(14(18)9-11)22-6-5-19/h8-10,12H,2-7H2,1H3. The fraction of sp³-hybridized carbons (Fsp3) is 0.562. The third-order valence-corrected chi connectivity index (χ3v) is 4.45. The molecule has 6 heteroatoms. The average molecular weight is 394 g/mol. The highest BCUT2D eigenvalue weighted by atomic mass is 79.9. The monoisotopic (exact) mass is 392 g/mol. The molecule has 0 aromatic heterocycles. The van der Waals surface area contributed by atoms with Crippen molar-refractivity contribution in [2.24, 2.45) is 5.92 Å². The number of rotatable bonds is 8. The molecule has 3 nitrogen and oxygen atoms in total. The SMILES string of the molecule is CCOC(=O)C(CC1CC1)c1cc(Cl)c(OCCF)c(Br)c1. The van der Waals surface area contributed by atoms with E-state index in [1.165, 1.54) is 0 Å². The van der Waals surface area contributed by atoms with Crippen molar-refractivity contribution in [2.75, 3.05) is 19.9 Å². The van der Waals surface area contributed by atoms with Gasteiger partial charge >= 0.3 is 5.97 Å². The zero-order valence-electron chi connectivity index (χ0n) is 12.4. The molecule has 2 rings (SSSR count). The summed E-state index contributed by atoms with van der Waals surface area (Å²) in [5, 5.41) is 0.364. The predicted molar refractivity (Wildman–Crippen MR) is 87.3 cm³/mol. The highest BCUT2D eigenvalue weighted by Crippen LogP contribution is 2.42. The van der Waals surface area contributed by atoms with E-state index in [1.807, 2.05) is 6.07 Å². The van der Waals surface area contributed by atoms with Crippen LogP contribution < -0.4 is 4.74 Å². The molecular weight excluding hydrogens is 375 g/mol. The fourth-order valence-electron chi connectivity index (χ4n) is 2.36. The summed E-state index contributed by atoms with van der Waals surface area (Å²) in [7, 11) is 0. The molecule has 1 aliphatic rings. The zero-order chi connectivity index (χ0) is 16.1. The van der Waals surface area contributed by atoms with E-state index in [4.69, 9.17) is 21.1 Å². The normalized spacial score (nSPS) is 15.5. The van der Waals surface area contributed by atoms with Crippen LogP contribution in [0.1, 0.15) is 37.7 Å². The van der Waals surface area contributed by atoms with Crippen molar-refractivity contribution >= 4 is 33.5 Å². The van der Waals surface area contributed by atoms with Crippen LogP contribution in [0.4, 0.5) is 4.39 Å². The highest BCUT2D eigenvalue weighted by Gasteiger charge is 2.32. The van der Waals surface area contributed by atoms with Gasteiger partial charge in [0.15, 0.2) is 5.75 Å². The van der Waals surface area contributed by atoms with E-state index in [9.17, 15) is 9.18 Å². The minimum atomic E-state index is -0.586. The van der Waals surface area contributed by atoms with Crippen LogP contribution in [-0.2, 0) is 9.53 Å². The largest absolute Gasteiger partial charge is 0.488 e. The number of ether oxygens (including phenoxy) is 2. The van der Waals surface area contributed by atoms with Gasteiger partial charge in [0.25, 0.3) is 0 Å². The first-order chi connectivity index (χ1) is 10.6. The Labute approximate surface area is 143 Å². The second kappa shape index (κ2) is 8.16. The van der Waals surface area contributed by atoms with Gasteiger partial charge in [0, 0.05) is 0 Å². The Balaban J connectivity index is 2.24. The van der Waals surface area contributed by atoms with Crippen LogP contribution in [0.3, 0.4) is 0 Å². The van der Waals surface area contributed by atoms with E-state index >= 15 is 0 Å². The number of alkyl halides is 1. The molecule has 0 saturated heterocycles. The van der Waals surface area contributed by atoms with Gasteiger partial charge in [0.2, 0.25) is 0 Å². The van der Waals surface area contributed by atoms with Crippen LogP contribution in [0.2, 0.25) is 5.02 Å². The van der Waals surface area contributed by atoms with Crippen LogP contribution in [0.5, 0.6) is 5.75 Å². The Morgan fingerprint density at radius 3 is 2.77 bits per heavy atom. The number of carbonyl (C=O) groups excluding carboxylic acids is 1. The molecule has 0 N–H and O–H groups in total. The molecule has 1 aromatic rings.